The highest BCUT2D eigenvalue weighted by molar-refractivity contribution is 5.66. The number of benzene rings is 1. The molecule has 0 amide bonds. The van der Waals surface area contributed by atoms with Gasteiger partial charge in [-0.05, 0) is 48.9 Å². The molecule has 0 spiro atoms. The summed E-state index contributed by atoms with van der Waals surface area (Å²) in [5.74, 6) is 1.32. The quantitative estimate of drug-likeness (QED) is 0.860. The number of nitrogens with two attached hydrogens (primary N) is 1. The maximum Gasteiger partial charge on any atom is 0.182 e. The van der Waals surface area contributed by atoms with Crippen molar-refractivity contribution in [3.8, 4) is 17.1 Å². The standard InChI is InChI=1S/C14H19N5O2/c1-9-14(2,6-7-21-9)19-13(16-17-18-19)10-4-5-12(20-3)11(15)8-10/h4-5,8-9H,6-7,15H2,1-3H3. The van der Waals surface area contributed by atoms with Gasteiger partial charge in [0.15, 0.2) is 5.82 Å². The SMILES string of the molecule is COc1ccc(-c2nnnn2C2(C)CCOC2C)cc1N. The van der Waals surface area contributed by atoms with Crippen molar-refractivity contribution in [2.75, 3.05) is 19.5 Å². The van der Waals surface area contributed by atoms with Gasteiger partial charge in [0.2, 0.25) is 0 Å². The minimum Gasteiger partial charge on any atom is -0.495 e. The van der Waals surface area contributed by atoms with Gasteiger partial charge in [-0.3, -0.25) is 0 Å². The Morgan fingerprint density at radius 2 is 2.29 bits per heavy atom. The van der Waals surface area contributed by atoms with Crippen molar-refractivity contribution in [3.63, 3.8) is 0 Å². The zero-order valence-corrected chi connectivity index (χ0v) is 12.4. The first-order valence-electron chi connectivity index (χ1n) is 6.90. The molecular weight excluding hydrogens is 270 g/mol. The second kappa shape index (κ2) is 5.00. The van der Waals surface area contributed by atoms with Gasteiger partial charge >= 0.3 is 0 Å². The highest BCUT2D eigenvalue weighted by Crippen LogP contribution is 2.36. The van der Waals surface area contributed by atoms with Crippen molar-refractivity contribution in [1.82, 2.24) is 20.2 Å². The zero-order valence-electron chi connectivity index (χ0n) is 12.4. The largest absolute Gasteiger partial charge is 0.495 e. The molecule has 7 heteroatoms. The van der Waals surface area contributed by atoms with Gasteiger partial charge in [0.1, 0.15) is 5.75 Å². The second-order valence-corrected chi connectivity index (χ2v) is 5.49. The number of tetrazole rings is 1. The molecule has 2 unspecified atom stereocenters. The van der Waals surface area contributed by atoms with E-state index in [4.69, 9.17) is 15.2 Å². The number of methoxy groups -OCH3 is 1. The van der Waals surface area contributed by atoms with Crippen LogP contribution in [0.1, 0.15) is 20.3 Å². The summed E-state index contributed by atoms with van der Waals surface area (Å²) in [7, 11) is 1.59. The van der Waals surface area contributed by atoms with Gasteiger partial charge in [-0.25, -0.2) is 4.68 Å². The second-order valence-electron chi connectivity index (χ2n) is 5.49. The molecule has 0 aliphatic carbocycles. The summed E-state index contributed by atoms with van der Waals surface area (Å²) in [6, 6.07) is 5.55. The van der Waals surface area contributed by atoms with E-state index in [-0.39, 0.29) is 11.6 Å². The summed E-state index contributed by atoms with van der Waals surface area (Å²) < 4.78 is 12.7. The Kier molecular flexibility index (Phi) is 3.29. The lowest BCUT2D eigenvalue weighted by molar-refractivity contribution is 0.0706. The van der Waals surface area contributed by atoms with Crippen molar-refractivity contribution in [2.45, 2.75) is 31.9 Å². The Bertz CT molecular complexity index is 657. The zero-order chi connectivity index (χ0) is 15.0. The van der Waals surface area contributed by atoms with Crippen molar-refractivity contribution in [1.29, 1.82) is 0 Å². The molecule has 2 aromatic rings. The summed E-state index contributed by atoms with van der Waals surface area (Å²) in [4.78, 5) is 0. The minimum atomic E-state index is -0.256. The summed E-state index contributed by atoms with van der Waals surface area (Å²) in [6.07, 6.45) is 0.924. The van der Waals surface area contributed by atoms with E-state index in [0.29, 0.717) is 23.9 Å². The van der Waals surface area contributed by atoms with Crippen LogP contribution in [0.5, 0.6) is 5.75 Å². The summed E-state index contributed by atoms with van der Waals surface area (Å²) >= 11 is 0. The first-order chi connectivity index (χ1) is 10.1. The number of nitrogen functional groups attached to an aromatic ring is 1. The fourth-order valence-corrected chi connectivity index (χ4v) is 2.69. The lowest BCUT2D eigenvalue weighted by Gasteiger charge is -2.28. The molecule has 1 fully saturated rings. The number of anilines is 1. The van der Waals surface area contributed by atoms with E-state index in [0.717, 1.165) is 12.0 Å². The van der Waals surface area contributed by atoms with Gasteiger partial charge in [0.05, 0.1) is 24.4 Å². The van der Waals surface area contributed by atoms with Gasteiger partial charge in [-0.2, -0.15) is 0 Å². The molecule has 21 heavy (non-hydrogen) atoms. The molecule has 1 saturated heterocycles. The van der Waals surface area contributed by atoms with Crippen LogP contribution in [0.3, 0.4) is 0 Å². The molecule has 1 aliphatic heterocycles. The van der Waals surface area contributed by atoms with Gasteiger partial charge in [0.25, 0.3) is 0 Å². The Morgan fingerprint density at radius 1 is 1.48 bits per heavy atom. The Hall–Kier alpha value is -2.15. The number of rotatable bonds is 3. The van der Waals surface area contributed by atoms with Crippen LogP contribution in [0.4, 0.5) is 5.69 Å². The van der Waals surface area contributed by atoms with Crippen molar-refractivity contribution >= 4 is 5.69 Å². The van der Waals surface area contributed by atoms with Crippen LogP contribution in [0.2, 0.25) is 0 Å². The molecule has 112 valence electrons. The summed E-state index contributed by atoms with van der Waals surface area (Å²) in [5.41, 5.74) is 7.14. The van der Waals surface area contributed by atoms with E-state index in [1.807, 2.05) is 29.8 Å². The molecule has 1 aromatic carbocycles. The molecule has 2 heterocycles. The maximum atomic E-state index is 5.97. The molecule has 3 rings (SSSR count). The van der Waals surface area contributed by atoms with Crippen LogP contribution >= 0.6 is 0 Å². The Morgan fingerprint density at radius 3 is 2.90 bits per heavy atom. The third-order valence-electron chi connectivity index (χ3n) is 4.29. The molecule has 0 bridgehead atoms. The highest BCUT2D eigenvalue weighted by Gasteiger charge is 2.41. The minimum absolute atomic E-state index is 0.0512. The highest BCUT2D eigenvalue weighted by atomic mass is 16.5. The maximum absolute atomic E-state index is 5.97. The topological polar surface area (TPSA) is 88.1 Å². The van der Waals surface area contributed by atoms with Crippen LogP contribution < -0.4 is 10.5 Å². The monoisotopic (exact) mass is 289 g/mol. The van der Waals surface area contributed by atoms with E-state index >= 15 is 0 Å². The van der Waals surface area contributed by atoms with Gasteiger partial charge in [-0.15, -0.1) is 5.10 Å². The van der Waals surface area contributed by atoms with Gasteiger partial charge in [0, 0.05) is 12.2 Å². The Balaban J connectivity index is 2.05. The van der Waals surface area contributed by atoms with Crippen LogP contribution in [-0.2, 0) is 10.3 Å². The van der Waals surface area contributed by atoms with Crippen molar-refractivity contribution < 1.29 is 9.47 Å². The molecule has 0 radical (unpaired) electrons. The average molecular weight is 289 g/mol. The molecule has 1 aromatic heterocycles. The van der Waals surface area contributed by atoms with E-state index in [1.165, 1.54) is 0 Å². The van der Waals surface area contributed by atoms with Crippen molar-refractivity contribution in [3.05, 3.63) is 18.2 Å². The number of aromatic nitrogens is 4. The predicted octanol–water partition coefficient (Wildman–Crippen LogP) is 1.45. The molecule has 2 N–H and O–H groups in total. The third-order valence-corrected chi connectivity index (χ3v) is 4.29. The molecule has 2 atom stereocenters. The van der Waals surface area contributed by atoms with Crippen LogP contribution in [0.25, 0.3) is 11.4 Å². The predicted molar refractivity (Wildman–Crippen MR) is 77.9 cm³/mol. The van der Waals surface area contributed by atoms with Gasteiger partial charge in [-0.1, -0.05) is 0 Å². The first-order valence-corrected chi connectivity index (χ1v) is 6.90. The fourth-order valence-electron chi connectivity index (χ4n) is 2.69. The van der Waals surface area contributed by atoms with Crippen molar-refractivity contribution in [2.24, 2.45) is 0 Å². The lowest BCUT2D eigenvalue weighted by Crippen LogP contribution is -2.38. The van der Waals surface area contributed by atoms with Crippen LogP contribution in [0, 0.1) is 0 Å². The number of hydrogen-bond acceptors (Lipinski definition) is 6. The molecular formula is C14H19N5O2. The Labute approximate surface area is 123 Å². The van der Waals surface area contributed by atoms with E-state index < -0.39 is 0 Å². The van der Waals surface area contributed by atoms with Gasteiger partial charge < -0.3 is 15.2 Å². The van der Waals surface area contributed by atoms with Crippen LogP contribution in [0.15, 0.2) is 18.2 Å². The third kappa shape index (κ3) is 2.13. The summed E-state index contributed by atoms with van der Waals surface area (Å²) in [5, 5.41) is 12.2. The number of nitrogens with zero attached hydrogens (tertiary/aromatic N) is 4. The average Bonchev–Trinajstić information content (AvgIpc) is 3.07. The fraction of sp³-hybridized carbons (Fsp3) is 0.500. The normalized spacial score (nSPS) is 25.2. The van der Waals surface area contributed by atoms with E-state index in [2.05, 4.69) is 22.4 Å². The molecule has 0 saturated carbocycles. The number of ether oxygens (including phenoxy) is 2. The molecule has 1 aliphatic rings. The molecule has 7 nitrogen and oxygen atoms in total. The first kappa shape index (κ1) is 13.8. The smallest absolute Gasteiger partial charge is 0.182 e. The van der Waals surface area contributed by atoms with E-state index in [9.17, 15) is 0 Å². The van der Waals surface area contributed by atoms with Crippen LogP contribution in [-0.4, -0.2) is 40.0 Å². The number of hydrogen-bond donors (Lipinski definition) is 1. The van der Waals surface area contributed by atoms with E-state index in [1.54, 1.807) is 7.11 Å². The summed E-state index contributed by atoms with van der Waals surface area (Å²) in [6.45, 7) is 4.86. The lowest BCUT2D eigenvalue weighted by atomic mass is 9.94.